The summed E-state index contributed by atoms with van der Waals surface area (Å²) in [6.45, 7) is 6.86. The minimum absolute atomic E-state index is 0.555. The van der Waals surface area contributed by atoms with Crippen LogP contribution in [-0.2, 0) is 15.3 Å². The van der Waals surface area contributed by atoms with E-state index in [1.54, 1.807) is 0 Å². The van der Waals surface area contributed by atoms with Crippen LogP contribution >= 0.6 is 0 Å². The first-order valence-electron chi connectivity index (χ1n) is 12.8. The number of rotatable bonds is 12. The van der Waals surface area contributed by atoms with Gasteiger partial charge in [0.2, 0.25) is 0 Å². The molecule has 1 heterocycles. The molecule has 0 unspecified atom stereocenters. The molecule has 0 N–H and O–H groups in total. The third-order valence-corrected chi connectivity index (χ3v) is 7.04. The maximum absolute atomic E-state index is 6.07. The number of unbranched alkanes of at least 4 members (excludes halogenated alkanes) is 2. The molecule has 1 aromatic carbocycles. The summed E-state index contributed by atoms with van der Waals surface area (Å²) in [4.78, 5) is 0. The van der Waals surface area contributed by atoms with Crippen LogP contribution in [0.25, 0.3) is 0 Å². The van der Waals surface area contributed by atoms with Crippen LogP contribution in [0.2, 0.25) is 0 Å². The average molecular weight is 417 g/mol. The zero-order valence-electron chi connectivity index (χ0n) is 19.5. The Labute approximate surface area is 184 Å². The van der Waals surface area contributed by atoms with Crippen LogP contribution in [0, 0.1) is 11.8 Å². The highest BCUT2D eigenvalue weighted by Crippen LogP contribution is 2.36. The highest BCUT2D eigenvalue weighted by Gasteiger charge is 2.35. The van der Waals surface area contributed by atoms with Crippen molar-refractivity contribution >= 4 is 0 Å². The zero-order valence-corrected chi connectivity index (χ0v) is 19.5. The fourth-order valence-electron chi connectivity index (χ4n) is 5.22. The monoisotopic (exact) mass is 416 g/mol. The van der Waals surface area contributed by atoms with Crippen molar-refractivity contribution in [1.29, 1.82) is 0 Å². The molecule has 1 aromatic rings. The van der Waals surface area contributed by atoms with Gasteiger partial charge in [-0.15, -0.1) is 0 Å². The molecular weight excluding hydrogens is 372 g/mol. The highest BCUT2D eigenvalue weighted by molar-refractivity contribution is 5.30. The maximum Gasteiger partial charge on any atom is 0.194 e. The Morgan fingerprint density at radius 3 is 2.07 bits per heavy atom. The largest absolute Gasteiger partial charge is 0.494 e. The lowest BCUT2D eigenvalue weighted by atomic mass is 9.78. The summed E-state index contributed by atoms with van der Waals surface area (Å²) in [5.41, 5.74) is 1.12. The minimum Gasteiger partial charge on any atom is -0.494 e. The molecule has 2 aliphatic rings. The Morgan fingerprint density at radius 1 is 0.833 bits per heavy atom. The van der Waals surface area contributed by atoms with Crippen molar-refractivity contribution in [2.45, 2.75) is 103 Å². The van der Waals surface area contributed by atoms with E-state index in [0.717, 1.165) is 62.2 Å². The summed E-state index contributed by atoms with van der Waals surface area (Å²) in [6.07, 6.45) is 16.9. The molecule has 1 aliphatic heterocycles. The summed E-state index contributed by atoms with van der Waals surface area (Å²) in [5, 5.41) is 0. The molecular formula is C27H44O3. The van der Waals surface area contributed by atoms with E-state index >= 15 is 0 Å². The van der Waals surface area contributed by atoms with Crippen LogP contribution in [0.15, 0.2) is 24.3 Å². The van der Waals surface area contributed by atoms with Crippen LogP contribution in [0.4, 0.5) is 0 Å². The van der Waals surface area contributed by atoms with Gasteiger partial charge in [-0.05, 0) is 55.4 Å². The van der Waals surface area contributed by atoms with Crippen molar-refractivity contribution in [3.8, 4) is 5.75 Å². The highest BCUT2D eigenvalue weighted by atomic mass is 16.7. The average Bonchev–Trinajstić information content (AvgIpc) is 2.79. The van der Waals surface area contributed by atoms with E-state index in [1.807, 2.05) is 0 Å². The molecule has 2 fully saturated rings. The maximum atomic E-state index is 6.07. The van der Waals surface area contributed by atoms with Gasteiger partial charge in [0.25, 0.3) is 0 Å². The predicted octanol–water partition coefficient (Wildman–Crippen LogP) is 7.62. The van der Waals surface area contributed by atoms with Crippen molar-refractivity contribution in [3.63, 3.8) is 0 Å². The molecule has 1 saturated carbocycles. The number of ether oxygens (including phenoxy) is 3. The van der Waals surface area contributed by atoms with E-state index in [4.69, 9.17) is 14.2 Å². The lowest BCUT2D eigenvalue weighted by Crippen LogP contribution is -2.37. The Bertz CT molecular complexity index is 563. The Balaban J connectivity index is 1.35. The molecule has 3 rings (SSSR count). The number of hydrogen-bond donors (Lipinski definition) is 0. The molecule has 1 aliphatic carbocycles. The van der Waals surface area contributed by atoms with Crippen molar-refractivity contribution in [2.24, 2.45) is 11.8 Å². The normalized spacial score (nSPS) is 23.9. The first kappa shape index (κ1) is 23.6. The van der Waals surface area contributed by atoms with Crippen molar-refractivity contribution < 1.29 is 14.2 Å². The van der Waals surface area contributed by atoms with Crippen LogP contribution < -0.4 is 4.74 Å². The predicted molar refractivity (Wildman–Crippen MR) is 124 cm³/mol. The van der Waals surface area contributed by atoms with Gasteiger partial charge in [0.05, 0.1) is 19.8 Å². The van der Waals surface area contributed by atoms with Gasteiger partial charge in [0.15, 0.2) is 5.79 Å². The lowest BCUT2D eigenvalue weighted by molar-refractivity contribution is -0.280. The SMILES string of the molecule is CCCCCC1CCC(CCCOc2ccc(C3(CCC)OCCCO3)cc2)CC1. The van der Waals surface area contributed by atoms with Gasteiger partial charge in [-0.25, -0.2) is 0 Å². The minimum atomic E-state index is -0.555. The summed E-state index contributed by atoms with van der Waals surface area (Å²) in [6, 6.07) is 8.40. The summed E-state index contributed by atoms with van der Waals surface area (Å²) in [7, 11) is 0. The molecule has 170 valence electrons. The molecule has 0 bridgehead atoms. The second-order valence-corrected chi connectivity index (χ2v) is 9.45. The van der Waals surface area contributed by atoms with Gasteiger partial charge in [-0.2, -0.15) is 0 Å². The van der Waals surface area contributed by atoms with Crippen LogP contribution in [0.3, 0.4) is 0 Å². The van der Waals surface area contributed by atoms with E-state index in [9.17, 15) is 0 Å². The molecule has 3 nitrogen and oxygen atoms in total. The quantitative estimate of drug-likeness (QED) is 0.328. The first-order chi connectivity index (χ1) is 14.8. The molecule has 1 saturated heterocycles. The third-order valence-electron chi connectivity index (χ3n) is 7.04. The topological polar surface area (TPSA) is 27.7 Å². The van der Waals surface area contributed by atoms with Gasteiger partial charge < -0.3 is 14.2 Å². The molecule has 0 amide bonds. The van der Waals surface area contributed by atoms with Gasteiger partial charge in [0.1, 0.15) is 5.75 Å². The molecule has 3 heteroatoms. The molecule has 0 spiro atoms. The standard InChI is InChI=1S/C27H44O3/c1-3-5-6-9-23-11-13-24(14-12-23)10-7-20-28-26-17-15-25(16-18-26)27(19-4-2)29-21-8-22-30-27/h15-18,23-24H,3-14,19-22H2,1-2H3. The van der Waals surface area contributed by atoms with E-state index in [2.05, 4.69) is 38.1 Å². The second-order valence-electron chi connectivity index (χ2n) is 9.45. The number of benzene rings is 1. The third kappa shape index (κ3) is 6.99. The Kier molecular flexibility index (Phi) is 10.00. The fourth-order valence-corrected chi connectivity index (χ4v) is 5.22. The fraction of sp³-hybridized carbons (Fsp3) is 0.778. The van der Waals surface area contributed by atoms with E-state index < -0.39 is 5.79 Å². The van der Waals surface area contributed by atoms with Gasteiger partial charge in [0, 0.05) is 12.0 Å². The van der Waals surface area contributed by atoms with Crippen LogP contribution in [0.5, 0.6) is 5.75 Å². The first-order valence-corrected chi connectivity index (χ1v) is 12.8. The Morgan fingerprint density at radius 2 is 1.47 bits per heavy atom. The van der Waals surface area contributed by atoms with E-state index in [-0.39, 0.29) is 0 Å². The lowest BCUT2D eigenvalue weighted by Gasteiger charge is -2.37. The molecule has 30 heavy (non-hydrogen) atoms. The van der Waals surface area contributed by atoms with Crippen molar-refractivity contribution in [2.75, 3.05) is 19.8 Å². The summed E-state index contributed by atoms with van der Waals surface area (Å²) < 4.78 is 18.2. The summed E-state index contributed by atoms with van der Waals surface area (Å²) >= 11 is 0. The number of hydrogen-bond acceptors (Lipinski definition) is 3. The smallest absolute Gasteiger partial charge is 0.194 e. The van der Waals surface area contributed by atoms with Crippen molar-refractivity contribution in [1.82, 2.24) is 0 Å². The van der Waals surface area contributed by atoms with Crippen LogP contribution in [0.1, 0.15) is 103 Å². The Hall–Kier alpha value is -1.06. The summed E-state index contributed by atoms with van der Waals surface area (Å²) in [5.74, 6) is 2.34. The second kappa shape index (κ2) is 12.7. The van der Waals surface area contributed by atoms with Crippen molar-refractivity contribution in [3.05, 3.63) is 29.8 Å². The molecule has 0 atom stereocenters. The van der Waals surface area contributed by atoms with Gasteiger partial charge in [-0.1, -0.05) is 71.6 Å². The van der Waals surface area contributed by atoms with Gasteiger partial charge in [-0.3, -0.25) is 0 Å². The molecule has 0 radical (unpaired) electrons. The molecule has 0 aromatic heterocycles. The van der Waals surface area contributed by atoms with E-state index in [0.29, 0.717) is 0 Å². The zero-order chi connectivity index (χ0) is 21.1. The van der Waals surface area contributed by atoms with E-state index in [1.165, 1.54) is 64.2 Å². The van der Waals surface area contributed by atoms with Crippen LogP contribution in [-0.4, -0.2) is 19.8 Å². The van der Waals surface area contributed by atoms with Gasteiger partial charge >= 0.3 is 0 Å².